The first kappa shape index (κ1) is 20.8. The molecule has 0 atom stereocenters. The highest BCUT2D eigenvalue weighted by Gasteiger charge is 2.09. The Balaban J connectivity index is 1.43. The Labute approximate surface area is 185 Å². The number of hydrogen-bond acceptors (Lipinski definition) is 4. The Morgan fingerprint density at radius 3 is 2.26 bits per heavy atom. The maximum absolute atomic E-state index is 13.6. The Morgan fingerprint density at radius 1 is 0.774 bits per heavy atom. The first-order valence-corrected chi connectivity index (χ1v) is 10.9. The molecule has 0 aliphatic heterocycles. The number of para-hydroxylation sites is 1. The van der Waals surface area contributed by atoms with Crippen LogP contribution in [0.4, 0.5) is 4.39 Å². The van der Waals surface area contributed by atoms with Crippen LogP contribution in [0, 0.1) is 5.82 Å². The minimum absolute atomic E-state index is 0.212. The molecular formula is C26H22FNO2S. The molecule has 0 aliphatic carbocycles. The molecule has 0 saturated carbocycles. The highest BCUT2D eigenvalue weighted by atomic mass is 32.1. The van der Waals surface area contributed by atoms with Gasteiger partial charge in [0.25, 0.3) is 0 Å². The summed E-state index contributed by atoms with van der Waals surface area (Å²) in [7, 11) is 0. The Kier molecular flexibility index (Phi) is 7.08. The summed E-state index contributed by atoms with van der Waals surface area (Å²) < 4.78 is 19.1. The lowest BCUT2D eigenvalue weighted by Crippen LogP contribution is -2.09. The zero-order chi connectivity index (χ0) is 21.3. The van der Waals surface area contributed by atoms with Gasteiger partial charge in [-0.05, 0) is 40.3 Å². The van der Waals surface area contributed by atoms with E-state index in [1.807, 2.05) is 24.3 Å². The van der Waals surface area contributed by atoms with Crippen molar-refractivity contribution in [1.82, 2.24) is 0 Å². The van der Waals surface area contributed by atoms with Crippen molar-refractivity contribution >= 4 is 17.0 Å². The monoisotopic (exact) mass is 431 g/mol. The lowest BCUT2D eigenvalue weighted by Gasteiger charge is -2.09. The van der Waals surface area contributed by atoms with E-state index < -0.39 is 0 Å². The largest absolute Gasteiger partial charge is 0.487 e. The minimum Gasteiger partial charge on any atom is -0.487 e. The summed E-state index contributed by atoms with van der Waals surface area (Å²) in [4.78, 5) is 6.73. The number of ether oxygens (including phenoxy) is 1. The number of nitrogens with zero attached hydrogens (tertiary/aromatic N) is 1. The third-order valence-electron chi connectivity index (χ3n) is 4.69. The van der Waals surface area contributed by atoms with Gasteiger partial charge in [0.15, 0.2) is 18.2 Å². The van der Waals surface area contributed by atoms with E-state index in [4.69, 9.17) is 9.57 Å². The topological polar surface area (TPSA) is 30.8 Å². The van der Waals surface area contributed by atoms with Gasteiger partial charge in [-0.25, -0.2) is 4.39 Å². The van der Waals surface area contributed by atoms with Crippen molar-refractivity contribution in [3.63, 3.8) is 0 Å². The van der Waals surface area contributed by atoms with Crippen LogP contribution in [-0.4, -0.2) is 18.9 Å². The van der Waals surface area contributed by atoms with Crippen LogP contribution in [0.2, 0.25) is 0 Å². The molecule has 3 aromatic carbocycles. The second kappa shape index (κ2) is 10.5. The van der Waals surface area contributed by atoms with E-state index in [9.17, 15) is 4.39 Å². The summed E-state index contributed by atoms with van der Waals surface area (Å²) in [5.41, 5.74) is 4.17. The van der Waals surface area contributed by atoms with E-state index in [0.717, 1.165) is 16.8 Å². The molecule has 0 aliphatic rings. The molecule has 5 heteroatoms. The molecule has 0 unspecified atom stereocenters. The Bertz CT molecular complexity index is 1110. The standard InChI is InChI=1S/C26H22FNO2S/c27-24-10-4-5-11-26(24)29-16-17-30-28-25(19-23-9-6-18-31-23)22-14-12-21(13-15-22)20-7-2-1-3-8-20/h1-15,18H,16-17,19H2. The Morgan fingerprint density at radius 2 is 1.52 bits per heavy atom. The molecule has 0 bridgehead atoms. The number of thiophene rings is 1. The van der Waals surface area contributed by atoms with Gasteiger partial charge in [0.05, 0.1) is 5.71 Å². The van der Waals surface area contributed by atoms with Crippen molar-refractivity contribution in [2.75, 3.05) is 13.2 Å². The summed E-state index contributed by atoms with van der Waals surface area (Å²) in [6.07, 6.45) is 0.677. The molecule has 4 rings (SSSR count). The van der Waals surface area contributed by atoms with Crippen molar-refractivity contribution < 1.29 is 14.0 Å². The molecule has 0 spiro atoms. The van der Waals surface area contributed by atoms with Crippen molar-refractivity contribution in [3.05, 3.63) is 113 Å². The predicted molar refractivity (Wildman–Crippen MR) is 124 cm³/mol. The van der Waals surface area contributed by atoms with Gasteiger partial charge in [-0.15, -0.1) is 11.3 Å². The minimum atomic E-state index is -0.386. The molecule has 31 heavy (non-hydrogen) atoms. The van der Waals surface area contributed by atoms with Gasteiger partial charge >= 0.3 is 0 Å². The van der Waals surface area contributed by atoms with Crippen molar-refractivity contribution in [2.45, 2.75) is 6.42 Å². The lowest BCUT2D eigenvalue weighted by molar-refractivity contribution is 0.105. The second-order valence-corrected chi connectivity index (χ2v) is 7.88. The quantitative estimate of drug-likeness (QED) is 0.170. The highest BCUT2D eigenvalue weighted by molar-refractivity contribution is 7.10. The molecule has 0 saturated heterocycles. The van der Waals surface area contributed by atoms with Crippen LogP contribution in [0.1, 0.15) is 10.4 Å². The summed E-state index contributed by atoms with van der Waals surface area (Å²) in [5, 5.41) is 6.42. The van der Waals surface area contributed by atoms with E-state index in [1.54, 1.807) is 29.5 Å². The molecule has 0 amide bonds. The molecule has 4 aromatic rings. The number of benzene rings is 3. The molecule has 156 valence electrons. The molecule has 0 N–H and O–H groups in total. The van der Waals surface area contributed by atoms with E-state index in [2.05, 4.69) is 53.0 Å². The maximum Gasteiger partial charge on any atom is 0.165 e. The van der Waals surface area contributed by atoms with Gasteiger partial charge in [-0.1, -0.05) is 78.0 Å². The molecular weight excluding hydrogens is 409 g/mol. The van der Waals surface area contributed by atoms with Crippen molar-refractivity contribution in [1.29, 1.82) is 0 Å². The number of oxime groups is 1. The van der Waals surface area contributed by atoms with E-state index in [1.165, 1.54) is 16.5 Å². The van der Waals surface area contributed by atoms with E-state index in [-0.39, 0.29) is 24.8 Å². The third kappa shape index (κ3) is 5.80. The van der Waals surface area contributed by atoms with Crippen LogP contribution < -0.4 is 4.74 Å². The molecule has 1 aromatic heterocycles. The smallest absolute Gasteiger partial charge is 0.165 e. The van der Waals surface area contributed by atoms with Gasteiger partial charge in [0.1, 0.15) is 6.61 Å². The molecule has 0 radical (unpaired) electrons. The SMILES string of the molecule is Fc1ccccc1OCCON=C(Cc1cccs1)c1ccc(-c2ccccc2)cc1. The fourth-order valence-corrected chi connectivity index (χ4v) is 3.83. The fraction of sp³-hybridized carbons (Fsp3) is 0.115. The van der Waals surface area contributed by atoms with Gasteiger partial charge in [0.2, 0.25) is 0 Å². The van der Waals surface area contributed by atoms with Gasteiger partial charge in [-0.2, -0.15) is 0 Å². The summed E-state index contributed by atoms with van der Waals surface area (Å²) >= 11 is 1.69. The van der Waals surface area contributed by atoms with E-state index in [0.29, 0.717) is 6.42 Å². The average molecular weight is 432 g/mol. The van der Waals surface area contributed by atoms with Gasteiger partial charge in [-0.3, -0.25) is 0 Å². The first-order chi connectivity index (χ1) is 15.3. The Hall–Kier alpha value is -3.44. The zero-order valence-corrected chi connectivity index (χ0v) is 17.7. The molecule has 1 heterocycles. The van der Waals surface area contributed by atoms with Crippen molar-refractivity contribution in [2.24, 2.45) is 5.16 Å². The molecule has 0 fully saturated rings. The van der Waals surface area contributed by atoms with Crippen LogP contribution >= 0.6 is 11.3 Å². The van der Waals surface area contributed by atoms with Crippen LogP contribution in [0.5, 0.6) is 5.75 Å². The highest BCUT2D eigenvalue weighted by Crippen LogP contribution is 2.21. The van der Waals surface area contributed by atoms with E-state index >= 15 is 0 Å². The van der Waals surface area contributed by atoms with Crippen LogP contribution in [-0.2, 0) is 11.3 Å². The lowest BCUT2D eigenvalue weighted by atomic mass is 10.0. The number of rotatable bonds is 9. The van der Waals surface area contributed by atoms with Crippen molar-refractivity contribution in [3.8, 4) is 16.9 Å². The second-order valence-electron chi connectivity index (χ2n) is 6.85. The van der Waals surface area contributed by atoms with Crippen LogP contribution in [0.3, 0.4) is 0 Å². The maximum atomic E-state index is 13.6. The van der Waals surface area contributed by atoms with Crippen LogP contribution in [0.15, 0.2) is 102 Å². The normalized spacial score (nSPS) is 11.3. The van der Waals surface area contributed by atoms with Gasteiger partial charge in [0, 0.05) is 11.3 Å². The number of halogens is 1. The zero-order valence-electron chi connectivity index (χ0n) is 16.9. The predicted octanol–water partition coefficient (Wildman–Crippen LogP) is 6.60. The summed E-state index contributed by atoms with van der Waals surface area (Å²) in [6.45, 7) is 0.439. The fourth-order valence-electron chi connectivity index (χ4n) is 3.13. The average Bonchev–Trinajstić information content (AvgIpc) is 3.33. The van der Waals surface area contributed by atoms with Crippen LogP contribution in [0.25, 0.3) is 11.1 Å². The first-order valence-electron chi connectivity index (χ1n) is 10.0. The molecule has 3 nitrogen and oxygen atoms in total. The third-order valence-corrected chi connectivity index (χ3v) is 5.57. The summed E-state index contributed by atoms with van der Waals surface area (Å²) in [6, 6.07) is 29.0. The van der Waals surface area contributed by atoms with Gasteiger partial charge < -0.3 is 9.57 Å². The number of hydrogen-bond donors (Lipinski definition) is 0. The summed E-state index contributed by atoms with van der Waals surface area (Å²) in [5.74, 6) is -0.173.